The maximum Gasteiger partial charge on any atom is 0.273 e. The first-order valence-corrected chi connectivity index (χ1v) is 5.94. The van der Waals surface area contributed by atoms with E-state index in [4.69, 9.17) is 5.73 Å². The zero-order valence-corrected chi connectivity index (χ0v) is 10.1. The van der Waals surface area contributed by atoms with Crippen LogP contribution in [0.15, 0.2) is 18.3 Å². The predicted molar refractivity (Wildman–Crippen MR) is 68.4 cm³/mol. The first kappa shape index (κ1) is 10.9. The van der Waals surface area contributed by atoms with Crippen LogP contribution in [0.1, 0.15) is 35.1 Å². The number of hydrogen-bond acceptors (Lipinski definition) is 3. The number of amides is 1. The molecule has 2 aromatic heterocycles. The highest BCUT2D eigenvalue weighted by atomic mass is 16.2. The Hall–Kier alpha value is -2.24. The van der Waals surface area contributed by atoms with Crippen LogP contribution >= 0.6 is 0 Å². The summed E-state index contributed by atoms with van der Waals surface area (Å²) < 4.78 is 1.95. The van der Waals surface area contributed by atoms with Crippen LogP contribution < -0.4 is 11.1 Å². The van der Waals surface area contributed by atoms with Crippen LogP contribution in [-0.4, -0.2) is 20.7 Å². The molecule has 0 spiro atoms. The molecule has 1 aliphatic rings. The molecular weight excluding hydrogens is 230 g/mol. The van der Waals surface area contributed by atoms with Gasteiger partial charge in [-0.25, -0.2) is 0 Å². The van der Waals surface area contributed by atoms with Crippen LogP contribution in [0.4, 0.5) is 11.5 Å². The summed E-state index contributed by atoms with van der Waals surface area (Å²) in [5, 5.41) is 9.52. The number of carbonyl (C=O) groups is 1. The van der Waals surface area contributed by atoms with E-state index in [9.17, 15) is 4.79 Å². The molecule has 1 saturated carbocycles. The van der Waals surface area contributed by atoms with E-state index in [0.29, 0.717) is 23.2 Å². The van der Waals surface area contributed by atoms with Gasteiger partial charge in [-0.15, -0.1) is 0 Å². The topological polar surface area (TPSA) is 88.7 Å². The lowest BCUT2D eigenvalue weighted by atomic mass is 10.3. The Balaban J connectivity index is 1.83. The maximum absolute atomic E-state index is 12.1. The fourth-order valence-electron chi connectivity index (χ4n) is 2.00. The average molecular weight is 245 g/mol. The summed E-state index contributed by atoms with van der Waals surface area (Å²) >= 11 is 0. The van der Waals surface area contributed by atoms with E-state index >= 15 is 0 Å². The molecule has 0 unspecified atom stereocenters. The molecule has 0 bridgehead atoms. The lowest BCUT2D eigenvalue weighted by Crippen LogP contribution is -2.16. The minimum atomic E-state index is -0.176. The summed E-state index contributed by atoms with van der Waals surface area (Å²) in [6, 6.07) is 3.91. The number of nitrogens with two attached hydrogens (primary N) is 1. The molecule has 1 aliphatic carbocycles. The van der Waals surface area contributed by atoms with Crippen LogP contribution in [0.25, 0.3) is 0 Å². The second-order valence-electron chi connectivity index (χ2n) is 4.69. The van der Waals surface area contributed by atoms with E-state index < -0.39 is 0 Å². The summed E-state index contributed by atoms with van der Waals surface area (Å²) in [5.41, 5.74) is 7.87. The summed E-state index contributed by atoms with van der Waals surface area (Å²) in [6.45, 7) is 1.88. The Labute approximate surface area is 104 Å². The lowest BCUT2D eigenvalue weighted by Gasteiger charge is -2.06. The van der Waals surface area contributed by atoms with Gasteiger partial charge in [0.1, 0.15) is 5.69 Å². The number of rotatable bonds is 3. The van der Waals surface area contributed by atoms with Crippen molar-refractivity contribution in [1.29, 1.82) is 0 Å². The summed E-state index contributed by atoms with van der Waals surface area (Å²) in [4.78, 5) is 12.1. The molecule has 0 radical (unpaired) electrons. The van der Waals surface area contributed by atoms with E-state index in [1.807, 2.05) is 17.7 Å². The van der Waals surface area contributed by atoms with E-state index in [-0.39, 0.29) is 5.91 Å². The monoisotopic (exact) mass is 245 g/mol. The number of carbonyl (C=O) groups excluding carboxylic acids is 1. The third-order valence-corrected chi connectivity index (χ3v) is 2.99. The van der Waals surface area contributed by atoms with Crippen molar-refractivity contribution >= 4 is 17.4 Å². The van der Waals surface area contributed by atoms with Gasteiger partial charge in [0.05, 0.1) is 5.69 Å². The van der Waals surface area contributed by atoms with Crippen LogP contribution in [0.2, 0.25) is 0 Å². The molecule has 6 heteroatoms. The van der Waals surface area contributed by atoms with E-state index in [1.54, 1.807) is 12.1 Å². The van der Waals surface area contributed by atoms with Crippen molar-refractivity contribution in [3.8, 4) is 0 Å². The molecule has 94 valence electrons. The van der Waals surface area contributed by atoms with Gasteiger partial charge in [0, 0.05) is 24.0 Å². The second-order valence-corrected chi connectivity index (χ2v) is 4.69. The van der Waals surface area contributed by atoms with Crippen molar-refractivity contribution in [1.82, 2.24) is 14.8 Å². The molecular formula is C12H15N5O. The van der Waals surface area contributed by atoms with Gasteiger partial charge in [0.15, 0.2) is 5.82 Å². The first-order chi connectivity index (χ1) is 8.63. The van der Waals surface area contributed by atoms with Crippen molar-refractivity contribution in [2.24, 2.45) is 0 Å². The van der Waals surface area contributed by atoms with Gasteiger partial charge in [0.25, 0.3) is 5.91 Å². The van der Waals surface area contributed by atoms with Gasteiger partial charge >= 0.3 is 0 Å². The van der Waals surface area contributed by atoms with E-state index in [2.05, 4.69) is 15.5 Å². The number of aryl methyl sites for hydroxylation is 1. The number of aromatic nitrogens is 3. The van der Waals surface area contributed by atoms with E-state index in [0.717, 1.165) is 18.5 Å². The molecule has 0 aliphatic heterocycles. The zero-order chi connectivity index (χ0) is 12.7. The van der Waals surface area contributed by atoms with Crippen molar-refractivity contribution in [3.63, 3.8) is 0 Å². The molecule has 2 heterocycles. The zero-order valence-electron chi connectivity index (χ0n) is 10.1. The summed E-state index contributed by atoms with van der Waals surface area (Å²) in [6.07, 6.45) is 4.04. The molecule has 6 nitrogen and oxygen atoms in total. The molecule has 2 aromatic rings. The fraction of sp³-hybridized carbons (Fsp3) is 0.333. The van der Waals surface area contributed by atoms with E-state index in [1.165, 1.54) is 0 Å². The van der Waals surface area contributed by atoms with Crippen LogP contribution in [0.5, 0.6) is 0 Å². The third kappa shape index (κ3) is 1.97. The number of nitrogen functional groups attached to an aromatic ring is 1. The number of nitrogens with zero attached hydrogens (tertiary/aromatic N) is 2. The molecule has 0 atom stereocenters. The van der Waals surface area contributed by atoms with Crippen molar-refractivity contribution < 1.29 is 4.79 Å². The summed E-state index contributed by atoms with van der Waals surface area (Å²) in [7, 11) is 0. The van der Waals surface area contributed by atoms with Crippen molar-refractivity contribution in [3.05, 3.63) is 29.7 Å². The average Bonchev–Trinajstić information content (AvgIpc) is 2.98. The Morgan fingerprint density at radius 2 is 2.33 bits per heavy atom. The smallest absolute Gasteiger partial charge is 0.273 e. The van der Waals surface area contributed by atoms with Crippen molar-refractivity contribution in [2.75, 3.05) is 11.1 Å². The minimum Gasteiger partial charge on any atom is -0.397 e. The Morgan fingerprint density at radius 1 is 1.56 bits per heavy atom. The number of nitrogens with one attached hydrogen (secondary N) is 2. The number of hydrogen-bond donors (Lipinski definition) is 3. The van der Waals surface area contributed by atoms with Gasteiger partial charge in [-0.3, -0.25) is 9.89 Å². The maximum atomic E-state index is 12.1. The number of aromatic amines is 1. The Kier molecular flexibility index (Phi) is 2.36. The van der Waals surface area contributed by atoms with Gasteiger partial charge in [-0.2, -0.15) is 5.10 Å². The van der Waals surface area contributed by atoms with Gasteiger partial charge in [0.2, 0.25) is 0 Å². The molecule has 0 aromatic carbocycles. The van der Waals surface area contributed by atoms with Crippen LogP contribution in [0.3, 0.4) is 0 Å². The predicted octanol–water partition coefficient (Wildman–Crippen LogP) is 1.69. The van der Waals surface area contributed by atoms with Gasteiger partial charge in [-0.1, -0.05) is 0 Å². The lowest BCUT2D eigenvalue weighted by molar-refractivity contribution is 0.101. The molecule has 0 saturated heterocycles. The SMILES string of the molecule is Cc1cc(NC(=O)c2cc(N)cn2C2CC2)n[nH]1. The fourth-order valence-corrected chi connectivity index (χ4v) is 2.00. The molecule has 1 amide bonds. The Bertz CT molecular complexity index is 593. The summed E-state index contributed by atoms with van der Waals surface area (Å²) in [5.74, 6) is 0.352. The quantitative estimate of drug-likeness (QED) is 0.768. The number of anilines is 2. The van der Waals surface area contributed by atoms with Crippen LogP contribution in [-0.2, 0) is 0 Å². The highest BCUT2D eigenvalue weighted by Gasteiger charge is 2.27. The normalized spacial score (nSPS) is 14.7. The highest BCUT2D eigenvalue weighted by molar-refractivity contribution is 6.03. The largest absolute Gasteiger partial charge is 0.397 e. The molecule has 18 heavy (non-hydrogen) atoms. The molecule has 3 rings (SSSR count). The minimum absolute atomic E-state index is 0.176. The molecule has 4 N–H and O–H groups in total. The van der Waals surface area contributed by atoms with Gasteiger partial charge in [-0.05, 0) is 25.8 Å². The third-order valence-electron chi connectivity index (χ3n) is 2.99. The molecule has 1 fully saturated rings. The first-order valence-electron chi connectivity index (χ1n) is 5.94. The van der Waals surface area contributed by atoms with Crippen LogP contribution in [0, 0.1) is 6.92 Å². The van der Waals surface area contributed by atoms with Gasteiger partial charge < -0.3 is 15.6 Å². The second kappa shape index (κ2) is 3.90. The Morgan fingerprint density at radius 3 is 2.94 bits per heavy atom. The highest BCUT2D eigenvalue weighted by Crippen LogP contribution is 2.37. The standard InChI is InChI=1S/C12H15N5O/c1-7-4-11(16-15-7)14-12(18)10-5-8(13)6-17(10)9-2-3-9/h4-6,9H,2-3,13H2,1H3,(H2,14,15,16,18). The number of H-pyrrole nitrogens is 1. The van der Waals surface area contributed by atoms with Crippen molar-refractivity contribution in [2.45, 2.75) is 25.8 Å².